The Morgan fingerprint density at radius 3 is 1.45 bits per heavy atom. The highest BCUT2D eigenvalue weighted by atomic mass is 32.1. The number of hydrogen-bond donors (Lipinski definition) is 2. The number of fused-ring (bicyclic) bond motifs is 2. The molecule has 0 saturated carbocycles. The molecule has 0 amide bonds. The molecule has 0 fully saturated rings. The number of aromatic amines is 2. The van der Waals surface area contributed by atoms with Gasteiger partial charge in [0.2, 0.25) is 0 Å². The van der Waals surface area contributed by atoms with Crippen molar-refractivity contribution in [2.45, 2.75) is 119 Å². The van der Waals surface area contributed by atoms with E-state index in [1.165, 1.54) is 4.57 Å². The van der Waals surface area contributed by atoms with Crippen LogP contribution in [0.15, 0.2) is 14.4 Å². The van der Waals surface area contributed by atoms with Gasteiger partial charge in [0.15, 0.2) is 11.3 Å². The fraction of sp³-hybridized carbons (Fsp3) is 0.643. The summed E-state index contributed by atoms with van der Waals surface area (Å²) in [6.45, 7) is 14.5. The molecule has 0 aliphatic rings. The largest absolute Gasteiger partial charge is 0.338 e. The molecule has 12 heteroatoms. The number of hydrogen-bond acceptors (Lipinski definition) is 6. The monoisotopic (exact) mass is 572 g/mol. The van der Waals surface area contributed by atoms with Crippen LogP contribution in [0.1, 0.15) is 90.7 Å². The third-order valence-corrected chi connectivity index (χ3v) is 7.32. The predicted molar refractivity (Wildman–Crippen MR) is 163 cm³/mol. The Balaban J connectivity index is 0.000000220. The van der Waals surface area contributed by atoms with Crippen LogP contribution in [-0.4, -0.2) is 38.2 Å². The first kappa shape index (κ1) is 31.3. The lowest BCUT2D eigenvalue weighted by Gasteiger charge is -2.11. The second-order valence-electron chi connectivity index (χ2n) is 10.2. The van der Waals surface area contributed by atoms with Crippen LogP contribution < -0.4 is 16.9 Å². The van der Waals surface area contributed by atoms with Gasteiger partial charge in [-0.15, -0.1) is 0 Å². The zero-order valence-corrected chi connectivity index (χ0v) is 25.6. The fourth-order valence-corrected chi connectivity index (χ4v) is 4.94. The summed E-state index contributed by atoms with van der Waals surface area (Å²) in [6, 6.07) is 0. The Morgan fingerprint density at radius 2 is 0.975 bits per heavy atom. The molecule has 0 aliphatic carbocycles. The third-order valence-electron chi connectivity index (χ3n) is 6.90. The molecule has 11 nitrogen and oxygen atoms in total. The van der Waals surface area contributed by atoms with E-state index in [1.54, 1.807) is 20.6 Å². The molecule has 4 rings (SSSR count). The molecule has 4 heterocycles. The molecular formula is C28H44N8O3S. The predicted octanol–water partition coefficient (Wildman–Crippen LogP) is 4.96. The first-order chi connectivity index (χ1) is 19.2. The van der Waals surface area contributed by atoms with Gasteiger partial charge in [0.1, 0.15) is 27.3 Å². The summed E-state index contributed by atoms with van der Waals surface area (Å²) in [6.07, 6.45) is 7.65. The second kappa shape index (κ2) is 14.4. The van der Waals surface area contributed by atoms with Crippen LogP contribution in [-0.2, 0) is 26.2 Å². The van der Waals surface area contributed by atoms with Crippen LogP contribution in [0.3, 0.4) is 0 Å². The lowest BCUT2D eigenvalue weighted by atomic mass is 10.3. The van der Waals surface area contributed by atoms with Crippen molar-refractivity contribution in [1.29, 1.82) is 0 Å². The molecule has 2 N–H and O–H groups in total. The maximum atomic E-state index is 12.6. The molecule has 0 spiro atoms. The van der Waals surface area contributed by atoms with Crippen LogP contribution in [0.2, 0.25) is 0 Å². The number of rotatable bonds is 12. The number of unbranched alkanes of at least 4 members (excludes halogenated alkanes) is 4. The van der Waals surface area contributed by atoms with Crippen LogP contribution in [0.25, 0.3) is 22.3 Å². The van der Waals surface area contributed by atoms with Gasteiger partial charge in [-0.25, -0.2) is 19.6 Å². The molecule has 0 saturated heterocycles. The van der Waals surface area contributed by atoms with Gasteiger partial charge in [0, 0.05) is 26.2 Å². The maximum Gasteiger partial charge on any atom is 0.332 e. The van der Waals surface area contributed by atoms with Crippen LogP contribution in [0, 0.1) is 18.5 Å². The van der Waals surface area contributed by atoms with E-state index in [4.69, 9.17) is 12.2 Å². The van der Waals surface area contributed by atoms with E-state index >= 15 is 0 Å². The fourth-order valence-electron chi connectivity index (χ4n) is 4.63. The maximum absolute atomic E-state index is 12.6. The second-order valence-corrected chi connectivity index (χ2v) is 10.6. The SMILES string of the molecule is CCCCn1c(=O)c2[nH]c(C)nc2n(CCCC)c1=O.CCCCn1c(=S)c2[nH]c(C)nc2n(CCCC)c1=O. The first-order valence-electron chi connectivity index (χ1n) is 14.6. The summed E-state index contributed by atoms with van der Waals surface area (Å²) in [5, 5.41) is 0. The zero-order valence-electron chi connectivity index (χ0n) is 24.8. The lowest BCUT2D eigenvalue weighted by Crippen LogP contribution is -2.40. The highest BCUT2D eigenvalue weighted by Gasteiger charge is 2.16. The van der Waals surface area contributed by atoms with E-state index in [-0.39, 0.29) is 16.9 Å². The average Bonchev–Trinajstić information content (AvgIpc) is 3.51. The number of aryl methyl sites for hydroxylation is 4. The lowest BCUT2D eigenvalue weighted by molar-refractivity contribution is 0.530. The van der Waals surface area contributed by atoms with Crippen LogP contribution in [0.5, 0.6) is 0 Å². The van der Waals surface area contributed by atoms with Gasteiger partial charge in [0.05, 0.1) is 0 Å². The third kappa shape index (κ3) is 6.71. The van der Waals surface area contributed by atoms with Gasteiger partial charge in [-0.2, -0.15) is 0 Å². The molecule has 0 unspecified atom stereocenters. The van der Waals surface area contributed by atoms with E-state index < -0.39 is 0 Å². The van der Waals surface area contributed by atoms with Gasteiger partial charge in [-0.1, -0.05) is 65.6 Å². The standard InChI is InChI=1S/C14H22N4O2.C14H22N4OS/c1-4-6-8-17-12-11(15-10(3)16-12)13(19)18(14(17)20)9-7-5-2;1-4-6-8-17-12-11(15-10(3)16-12)13(20)18(14(17)19)9-7-5-2/h2*4-9H2,1-3H3,(H,15,16). The zero-order chi connectivity index (χ0) is 29.4. The number of imidazole rings is 2. The molecule has 0 bridgehead atoms. The summed E-state index contributed by atoms with van der Waals surface area (Å²) >= 11 is 5.46. The highest BCUT2D eigenvalue weighted by molar-refractivity contribution is 7.71. The number of nitrogens with one attached hydrogen (secondary N) is 2. The van der Waals surface area contributed by atoms with E-state index in [2.05, 4.69) is 40.7 Å². The minimum atomic E-state index is -0.258. The van der Waals surface area contributed by atoms with Gasteiger partial charge >= 0.3 is 11.4 Å². The molecule has 0 aliphatic heterocycles. The summed E-state index contributed by atoms with van der Waals surface area (Å²) < 4.78 is 6.99. The Labute approximate surface area is 239 Å². The van der Waals surface area contributed by atoms with Crippen LogP contribution >= 0.6 is 12.2 Å². The molecule has 0 radical (unpaired) electrons. The Hall–Kier alpha value is -3.28. The minimum Gasteiger partial charge on any atom is -0.338 e. The Kier molecular flexibility index (Phi) is 11.2. The minimum absolute atomic E-state index is 0.0316. The summed E-state index contributed by atoms with van der Waals surface area (Å²) in [7, 11) is 0. The van der Waals surface area contributed by atoms with Crippen molar-refractivity contribution in [1.82, 2.24) is 38.2 Å². The summed E-state index contributed by atoms with van der Waals surface area (Å²) in [5.74, 6) is 1.46. The average molecular weight is 573 g/mol. The van der Waals surface area contributed by atoms with Gasteiger partial charge in [-0.05, 0) is 39.5 Å². The summed E-state index contributed by atoms with van der Waals surface area (Å²) in [4.78, 5) is 52.4. The molecule has 220 valence electrons. The van der Waals surface area contributed by atoms with Crippen molar-refractivity contribution in [2.75, 3.05) is 0 Å². The van der Waals surface area contributed by atoms with Crippen molar-refractivity contribution in [3.63, 3.8) is 0 Å². The first-order valence-corrected chi connectivity index (χ1v) is 15.0. The molecule has 4 aromatic rings. The highest BCUT2D eigenvalue weighted by Crippen LogP contribution is 2.13. The molecule has 0 atom stereocenters. The molecule has 40 heavy (non-hydrogen) atoms. The van der Waals surface area contributed by atoms with E-state index in [9.17, 15) is 14.4 Å². The van der Waals surface area contributed by atoms with Crippen molar-refractivity contribution in [3.05, 3.63) is 47.6 Å². The summed E-state index contributed by atoms with van der Waals surface area (Å²) in [5.41, 5.74) is 1.90. The van der Waals surface area contributed by atoms with E-state index in [1.807, 2.05) is 13.8 Å². The quantitative estimate of drug-likeness (QED) is 0.231. The van der Waals surface area contributed by atoms with Crippen molar-refractivity contribution < 1.29 is 0 Å². The molecule has 0 aromatic carbocycles. The van der Waals surface area contributed by atoms with Crippen molar-refractivity contribution >= 4 is 34.5 Å². The normalized spacial score (nSPS) is 11.3. The van der Waals surface area contributed by atoms with Gasteiger partial charge in [0.25, 0.3) is 5.56 Å². The van der Waals surface area contributed by atoms with Crippen molar-refractivity contribution in [2.24, 2.45) is 0 Å². The molecular weight excluding hydrogens is 528 g/mol. The van der Waals surface area contributed by atoms with E-state index in [0.717, 1.165) is 62.7 Å². The van der Waals surface area contributed by atoms with E-state index in [0.29, 0.717) is 53.5 Å². The molecule has 4 aromatic heterocycles. The van der Waals surface area contributed by atoms with Crippen molar-refractivity contribution in [3.8, 4) is 0 Å². The van der Waals surface area contributed by atoms with Crippen LogP contribution in [0.4, 0.5) is 0 Å². The topological polar surface area (TPSA) is 128 Å². The van der Waals surface area contributed by atoms with Gasteiger partial charge < -0.3 is 9.97 Å². The van der Waals surface area contributed by atoms with Gasteiger partial charge in [-0.3, -0.25) is 23.1 Å². The Morgan fingerprint density at radius 1 is 0.600 bits per heavy atom. The number of aromatic nitrogens is 8. The Bertz CT molecular complexity index is 1540. The number of H-pyrrole nitrogens is 2. The smallest absolute Gasteiger partial charge is 0.332 e. The number of nitrogens with zero attached hydrogens (tertiary/aromatic N) is 6.